The van der Waals surface area contributed by atoms with E-state index in [0.29, 0.717) is 44.0 Å². The van der Waals surface area contributed by atoms with Crippen molar-refractivity contribution in [2.75, 3.05) is 40.5 Å². The predicted molar refractivity (Wildman–Crippen MR) is 112 cm³/mol. The molecule has 1 N–H and O–H groups in total. The average Bonchev–Trinajstić information content (AvgIpc) is 2.76. The van der Waals surface area contributed by atoms with Crippen molar-refractivity contribution in [1.82, 2.24) is 14.9 Å². The van der Waals surface area contributed by atoms with Gasteiger partial charge in [0.15, 0.2) is 11.5 Å². The molecule has 8 heteroatoms. The number of ether oxygens (including phenoxy) is 4. The van der Waals surface area contributed by atoms with Crippen molar-refractivity contribution in [3.8, 4) is 23.4 Å². The summed E-state index contributed by atoms with van der Waals surface area (Å²) in [7, 11) is 3.29. The highest BCUT2D eigenvalue weighted by Crippen LogP contribution is 2.39. The molecular weight excluding hydrogens is 386 g/mol. The molecule has 30 heavy (non-hydrogen) atoms. The van der Waals surface area contributed by atoms with Gasteiger partial charge in [-0.3, -0.25) is 4.90 Å². The summed E-state index contributed by atoms with van der Waals surface area (Å²) in [5.41, 5.74) is 0.637. The van der Waals surface area contributed by atoms with Gasteiger partial charge >= 0.3 is 6.01 Å². The number of aliphatic hydroxyl groups is 1. The van der Waals surface area contributed by atoms with E-state index < -0.39 is 5.60 Å². The number of likely N-dealkylation sites (tertiary alicyclic amines) is 1. The van der Waals surface area contributed by atoms with Crippen LogP contribution in [0.1, 0.15) is 37.8 Å². The fraction of sp³-hybridized carbons (Fsp3) is 0.545. The monoisotopic (exact) mass is 417 g/mol. The molecule has 0 atom stereocenters. The molecule has 8 nitrogen and oxygen atoms in total. The summed E-state index contributed by atoms with van der Waals surface area (Å²) in [6, 6.07) is 6.15. The number of benzene rings is 1. The summed E-state index contributed by atoms with van der Waals surface area (Å²) in [5, 5.41) is 11.4. The summed E-state index contributed by atoms with van der Waals surface area (Å²) >= 11 is 0. The number of hydrogen-bond acceptors (Lipinski definition) is 8. The maximum Gasteiger partial charge on any atom is 0.319 e. The molecule has 1 saturated heterocycles. The van der Waals surface area contributed by atoms with Crippen LogP contribution in [0.2, 0.25) is 0 Å². The first-order valence-electron chi connectivity index (χ1n) is 10.3. The van der Waals surface area contributed by atoms with E-state index in [1.165, 1.54) is 0 Å². The maximum atomic E-state index is 11.4. The van der Waals surface area contributed by atoms with Crippen molar-refractivity contribution >= 4 is 0 Å². The molecule has 0 unspecified atom stereocenters. The highest BCUT2D eigenvalue weighted by molar-refractivity contribution is 5.46. The first-order chi connectivity index (χ1) is 14.5. The lowest BCUT2D eigenvalue weighted by atomic mass is 9.85. The van der Waals surface area contributed by atoms with Gasteiger partial charge in [0.1, 0.15) is 0 Å². The molecule has 2 heterocycles. The van der Waals surface area contributed by atoms with Crippen LogP contribution >= 0.6 is 0 Å². The van der Waals surface area contributed by atoms with E-state index in [4.69, 9.17) is 18.9 Å². The Labute approximate surface area is 177 Å². The van der Waals surface area contributed by atoms with Crippen LogP contribution in [0.5, 0.6) is 23.4 Å². The van der Waals surface area contributed by atoms with Crippen LogP contribution in [0.25, 0.3) is 0 Å². The number of rotatable bonds is 9. The van der Waals surface area contributed by atoms with Crippen LogP contribution in [-0.4, -0.2) is 60.5 Å². The topological polar surface area (TPSA) is 86.2 Å². The van der Waals surface area contributed by atoms with Crippen LogP contribution in [0.4, 0.5) is 0 Å². The summed E-state index contributed by atoms with van der Waals surface area (Å²) in [5.74, 6) is 1.86. The fourth-order valence-electron chi connectivity index (χ4n) is 3.79. The highest BCUT2D eigenvalue weighted by Gasteiger charge is 2.38. The maximum absolute atomic E-state index is 11.4. The molecule has 1 aliphatic rings. The van der Waals surface area contributed by atoms with Gasteiger partial charge in [0, 0.05) is 31.4 Å². The lowest BCUT2D eigenvalue weighted by Gasteiger charge is -2.38. The zero-order valence-corrected chi connectivity index (χ0v) is 18.2. The quantitative estimate of drug-likeness (QED) is 0.667. The molecule has 0 bridgehead atoms. The van der Waals surface area contributed by atoms with Gasteiger partial charge < -0.3 is 24.1 Å². The van der Waals surface area contributed by atoms with Gasteiger partial charge in [0.2, 0.25) is 5.88 Å². The molecule has 1 aliphatic heterocycles. The molecule has 0 aliphatic carbocycles. The SMILES string of the molecule is CCOc1ncc(C2(O)CCN(Cc3cccc(OC)c3OC)CC2)c(OCC)n1. The van der Waals surface area contributed by atoms with Crippen molar-refractivity contribution in [1.29, 1.82) is 0 Å². The summed E-state index contributed by atoms with van der Waals surface area (Å²) < 4.78 is 22.0. The van der Waals surface area contributed by atoms with Gasteiger partial charge in [-0.2, -0.15) is 4.98 Å². The minimum Gasteiger partial charge on any atom is -0.493 e. The van der Waals surface area contributed by atoms with Gasteiger partial charge in [-0.15, -0.1) is 0 Å². The van der Waals surface area contributed by atoms with E-state index in [2.05, 4.69) is 14.9 Å². The van der Waals surface area contributed by atoms with Crippen molar-refractivity contribution in [2.45, 2.75) is 38.8 Å². The van der Waals surface area contributed by atoms with Crippen molar-refractivity contribution in [3.63, 3.8) is 0 Å². The van der Waals surface area contributed by atoms with Crippen LogP contribution in [-0.2, 0) is 12.1 Å². The minimum absolute atomic E-state index is 0.260. The van der Waals surface area contributed by atoms with Crippen molar-refractivity contribution in [3.05, 3.63) is 35.5 Å². The molecule has 0 radical (unpaired) electrons. The number of para-hydroxylation sites is 1. The second-order valence-electron chi connectivity index (χ2n) is 7.20. The molecule has 1 aromatic heterocycles. The molecule has 3 rings (SSSR count). The van der Waals surface area contributed by atoms with Crippen LogP contribution in [0.15, 0.2) is 24.4 Å². The van der Waals surface area contributed by atoms with Gasteiger partial charge in [0.25, 0.3) is 0 Å². The van der Waals surface area contributed by atoms with E-state index in [-0.39, 0.29) is 6.01 Å². The second-order valence-corrected chi connectivity index (χ2v) is 7.20. The van der Waals surface area contributed by atoms with Crippen LogP contribution in [0.3, 0.4) is 0 Å². The third-order valence-electron chi connectivity index (χ3n) is 5.35. The summed E-state index contributed by atoms with van der Waals surface area (Å²) in [6.07, 6.45) is 2.73. The van der Waals surface area contributed by atoms with Crippen LogP contribution in [0, 0.1) is 0 Å². The largest absolute Gasteiger partial charge is 0.493 e. The van der Waals surface area contributed by atoms with Crippen molar-refractivity contribution in [2.24, 2.45) is 0 Å². The fourth-order valence-corrected chi connectivity index (χ4v) is 3.79. The lowest BCUT2D eigenvalue weighted by molar-refractivity contribution is -0.0304. The highest BCUT2D eigenvalue weighted by atomic mass is 16.5. The number of methoxy groups -OCH3 is 2. The smallest absolute Gasteiger partial charge is 0.319 e. The third kappa shape index (κ3) is 4.76. The Hall–Kier alpha value is -2.58. The molecule has 164 valence electrons. The van der Waals surface area contributed by atoms with Gasteiger partial charge in [-0.25, -0.2) is 4.98 Å². The zero-order chi connectivity index (χ0) is 21.6. The van der Waals surface area contributed by atoms with Gasteiger partial charge in [-0.05, 0) is 32.8 Å². The minimum atomic E-state index is -1.04. The van der Waals surface area contributed by atoms with E-state index in [9.17, 15) is 5.11 Å². The third-order valence-corrected chi connectivity index (χ3v) is 5.35. The Balaban J connectivity index is 1.73. The Kier molecular flexibility index (Phi) is 7.33. The van der Waals surface area contributed by atoms with E-state index in [0.717, 1.165) is 30.2 Å². The Morgan fingerprint density at radius 2 is 1.80 bits per heavy atom. The molecule has 1 aromatic carbocycles. The predicted octanol–water partition coefficient (Wildman–Crippen LogP) is 2.77. The van der Waals surface area contributed by atoms with Crippen LogP contribution < -0.4 is 18.9 Å². The first-order valence-corrected chi connectivity index (χ1v) is 10.3. The molecule has 0 spiro atoms. The van der Waals surface area contributed by atoms with E-state index in [1.54, 1.807) is 20.4 Å². The molecule has 1 fully saturated rings. The lowest BCUT2D eigenvalue weighted by Crippen LogP contribution is -2.42. The summed E-state index contributed by atoms with van der Waals surface area (Å²) in [4.78, 5) is 10.9. The Morgan fingerprint density at radius 1 is 1.07 bits per heavy atom. The Morgan fingerprint density at radius 3 is 2.43 bits per heavy atom. The average molecular weight is 418 g/mol. The number of piperidine rings is 1. The zero-order valence-electron chi connectivity index (χ0n) is 18.2. The number of aromatic nitrogens is 2. The van der Waals surface area contributed by atoms with E-state index >= 15 is 0 Å². The molecule has 0 saturated carbocycles. The molecular formula is C22H31N3O5. The van der Waals surface area contributed by atoms with Gasteiger partial charge in [-0.1, -0.05) is 12.1 Å². The second kappa shape index (κ2) is 9.95. The standard InChI is InChI=1S/C22H31N3O5/c1-5-29-20-17(14-23-21(24-20)30-6-2)22(26)10-12-25(13-11-22)15-16-8-7-9-18(27-3)19(16)28-4/h7-9,14,26H,5-6,10-13,15H2,1-4H3. The van der Waals surface area contributed by atoms with E-state index in [1.807, 2.05) is 32.0 Å². The van der Waals surface area contributed by atoms with Gasteiger partial charge in [0.05, 0.1) is 38.6 Å². The normalized spacial score (nSPS) is 16.2. The van der Waals surface area contributed by atoms with Crippen molar-refractivity contribution < 1.29 is 24.1 Å². The molecule has 0 amide bonds. The number of nitrogens with zero attached hydrogens (tertiary/aromatic N) is 3. The number of hydrogen-bond donors (Lipinski definition) is 1. The molecule has 2 aromatic rings. The summed E-state index contributed by atoms with van der Waals surface area (Å²) in [6.45, 7) is 6.84. The first kappa shape index (κ1) is 22.1. The Bertz CT molecular complexity index is 838.